The van der Waals surface area contributed by atoms with E-state index >= 15 is 0 Å². The molecular weight excluding hydrogens is 343 g/mol. The summed E-state index contributed by atoms with van der Waals surface area (Å²) < 4.78 is 76.9. The Morgan fingerprint density at radius 3 is 1.91 bits per heavy atom. The molecule has 23 heavy (non-hydrogen) atoms. The standard InChI is InChI=1S/C14H15F5O3S/c1-7-8(11(20)21)5-6-9(13(15,16)14(17,18)19)10(7)23(22)12(2,3)4/h5-6H,1-4H3,(H,20,21)/t23-/m1/s1. The molecule has 0 unspecified atom stereocenters. The van der Waals surface area contributed by atoms with Crippen LogP contribution in [0.25, 0.3) is 0 Å². The highest BCUT2D eigenvalue weighted by atomic mass is 32.2. The number of halogens is 5. The lowest BCUT2D eigenvalue weighted by molar-refractivity contribution is -0.290. The van der Waals surface area contributed by atoms with Gasteiger partial charge in [-0.05, 0) is 39.3 Å². The Hall–Kier alpha value is -1.51. The van der Waals surface area contributed by atoms with Crippen LogP contribution < -0.4 is 0 Å². The fourth-order valence-electron chi connectivity index (χ4n) is 1.87. The number of aromatic carboxylic acids is 1. The predicted molar refractivity (Wildman–Crippen MR) is 74.2 cm³/mol. The maximum atomic E-state index is 13.8. The van der Waals surface area contributed by atoms with E-state index in [-0.39, 0.29) is 5.56 Å². The van der Waals surface area contributed by atoms with Crippen LogP contribution >= 0.6 is 0 Å². The molecule has 130 valence electrons. The van der Waals surface area contributed by atoms with E-state index in [2.05, 4.69) is 0 Å². The smallest absolute Gasteiger partial charge is 0.458 e. The maximum Gasteiger partial charge on any atom is 0.458 e. The third-order valence-electron chi connectivity index (χ3n) is 3.07. The van der Waals surface area contributed by atoms with Crippen molar-refractivity contribution in [2.45, 2.75) is 49.4 Å². The number of hydrogen-bond acceptors (Lipinski definition) is 2. The lowest BCUT2D eigenvalue weighted by Gasteiger charge is -2.27. The predicted octanol–water partition coefficient (Wildman–Crippen LogP) is 4.25. The van der Waals surface area contributed by atoms with Crippen LogP contribution in [0.4, 0.5) is 22.0 Å². The zero-order valence-electron chi connectivity index (χ0n) is 12.7. The van der Waals surface area contributed by atoms with Gasteiger partial charge in [-0.15, -0.1) is 0 Å². The van der Waals surface area contributed by atoms with E-state index in [0.717, 1.165) is 6.92 Å². The van der Waals surface area contributed by atoms with Crippen LogP contribution in [0.3, 0.4) is 0 Å². The van der Waals surface area contributed by atoms with Crippen molar-refractivity contribution in [3.63, 3.8) is 0 Å². The zero-order valence-corrected chi connectivity index (χ0v) is 13.5. The van der Waals surface area contributed by atoms with Crippen LogP contribution in [0.2, 0.25) is 0 Å². The summed E-state index contributed by atoms with van der Waals surface area (Å²) in [5.74, 6) is -6.75. The SMILES string of the molecule is Cc1c(C(=O)O)ccc(C(F)(F)C(F)(F)F)c1[S@@](=O)C(C)(C)C. The van der Waals surface area contributed by atoms with Crippen molar-refractivity contribution < 1.29 is 36.1 Å². The summed E-state index contributed by atoms with van der Waals surface area (Å²) in [4.78, 5) is 10.3. The maximum absolute atomic E-state index is 13.8. The van der Waals surface area contributed by atoms with Gasteiger partial charge in [0.2, 0.25) is 0 Å². The van der Waals surface area contributed by atoms with Gasteiger partial charge in [-0.1, -0.05) is 6.07 Å². The molecule has 0 fully saturated rings. The monoisotopic (exact) mass is 358 g/mol. The molecule has 0 radical (unpaired) electrons. The van der Waals surface area contributed by atoms with Crippen LogP contribution in [-0.2, 0) is 16.7 Å². The van der Waals surface area contributed by atoms with E-state index in [0.29, 0.717) is 12.1 Å². The molecule has 0 saturated heterocycles. The quantitative estimate of drug-likeness (QED) is 0.822. The van der Waals surface area contributed by atoms with Gasteiger partial charge in [0.05, 0.1) is 21.3 Å². The van der Waals surface area contributed by atoms with Gasteiger partial charge >= 0.3 is 18.1 Å². The molecule has 0 amide bonds. The van der Waals surface area contributed by atoms with Gasteiger partial charge in [0.1, 0.15) is 0 Å². The molecular formula is C14H15F5O3S. The van der Waals surface area contributed by atoms with Crippen LogP contribution in [0.15, 0.2) is 17.0 Å². The Kier molecular flexibility index (Phi) is 4.97. The summed E-state index contributed by atoms with van der Waals surface area (Å²) in [5.41, 5.74) is -2.33. The highest BCUT2D eigenvalue weighted by Gasteiger charge is 2.60. The molecule has 1 aromatic rings. The highest BCUT2D eigenvalue weighted by Crippen LogP contribution is 2.47. The first-order valence-electron chi connectivity index (χ1n) is 6.36. The van der Waals surface area contributed by atoms with Gasteiger partial charge in [-0.2, -0.15) is 22.0 Å². The normalized spacial score (nSPS) is 14.7. The van der Waals surface area contributed by atoms with Crippen LogP contribution in [0.5, 0.6) is 0 Å². The average Bonchev–Trinajstić information content (AvgIpc) is 2.34. The second kappa shape index (κ2) is 5.85. The minimum Gasteiger partial charge on any atom is -0.478 e. The first kappa shape index (κ1) is 19.5. The van der Waals surface area contributed by atoms with Gasteiger partial charge in [-0.25, -0.2) is 4.79 Å². The number of carboxylic acids is 1. The highest BCUT2D eigenvalue weighted by molar-refractivity contribution is 7.86. The molecule has 0 aliphatic rings. The van der Waals surface area contributed by atoms with Crippen LogP contribution in [0, 0.1) is 6.92 Å². The minimum absolute atomic E-state index is 0.368. The minimum atomic E-state index is -5.89. The summed E-state index contributed by atoms with van der Waals surface area (Å²) in [7, 11) is -2.28. The van der Waals surface area contributed by atoms with Crippen molar-refractivity contribution in [1.82, 2.24) is 0 Å². The van der Waals surface area contributed by atoms with E-state index in [9.17, 15) is 31.0 Å². The molecule has 9 heteroatoms. The lowest BCUT2D eigenvalue weighted by atomic mass is 10.0. The van der Waals surface area contributed by atoms with E-state index in [1.54, 1.807) is 0 Å². The molecule has 0 heterocycles. The summed E-state index contributed by atoms with van der Waals surface area (Å²) in [6.45, 7) is 5.25. The molecule has 0 aromatic heterocycles. The fourth-order valence-corrected chi connectivity index (χ4v) is 3.26. The summed E-state index contributed by atoms with van der Waals surface area (Å²) in [6.07, 6.45) is -5.89. The molecule has 1 N–H and O–H groups in total. The largest absolute Gasteiger partial charge is 0.478 e. The second-order valence-electron chi connectivity index (χ2n) is 5.87. The summed E-state index contributed by atoms with van der Waals surface area (Å²) >= 11 is 0. The van der Waals surface area contributed by atoms with Crippen molar-refractivity contribution in [3.05, 3.63) is 28.8 Å². The number of carboxylic acid groups (broad SMARTS) is 1. The van der Waals surface area contributed by atoms with Gasteiger partial charge in [0.25, 0.3) is 0 Å². The molecule has 1 rings (SSSR count). The Labute approximate surface area is 132 Å². The number of alkyl halides is 5. The topological polar surface area (TPSA) is 54.4 Å². The molecule has 1 aromatic carbocycles. The lowest BCUT2D eigenvalue weighted by Crippen LogP contribution is -2.36. The van der Waals surface area contributed by atoms with Crippen LogP contribution in [0.1, 0.15) is 42.3 Å². The molecule has 3 nitrogen and oxygen atoms in total. The van der Waals surface area contributed by atoms with Crippen LogP contribution in [-0.4, -0.2) is 26.2 Å². The fraction of sp³-hybridized carbons (Fsp3) is 0.500. The number of carbonyl (C=O) groups is 1. The van der Waals surface area contributed by atoms with Crippen molar-refractivity contribution >= 4 is 16.8 Å². The van der Waals surface area contributed by atoms with Gasteiger partial charge < -0.3 is 5.11 Å². The van der Waals surface area contributed by atoms with Crippen molar-refractivity contribution in [1.29, 1.82) is 0 Å². The van der Waals surface area contributed by atoms with E-state index < -0.39 is 49.6 Å². The Balaban J connectivity index is 3.84. The van der Waals surface area contributed by atoms with Crippen molar-refractivity contribution in [2.24, 2.45) is 0 Å². The Morgan fingerprint density at radius 2 is 1.57 bits per heavy atom. The zero-order chi connectivity index (χ0) is 18.4. The van der Waals surface area contributed by atoms with Crippen molar-refractivity contribution in [3.8, 4) is 0 Å². The molecule has 0 bridgehead atoms. The summed E-state index contributed by atoms with van der Waals surface area (Å²) in [5, 5.41) is 9.02. The number of hydrogen-bond donors (Lipinski definition) is 1. The number of benzene rings is 1. The average molecular weight is 358 g/mol. The third kappa shape index (κ3) is 3.54. The van der Waals surface area contributed by atoms with E-state index in [4.69, 9.17) is 5.11 Å². The first-order valence-corrected chi connectivity index (χ1v) is 7.51. The second-order valence-corrected chi connectivity index (χ2v) is 8.04. The molecule has 0 spiro atoms. The first-order chi connectivity index (χ1) is 10.1. The number of rotatable bonds is 3. The van der Waals surface area contributed by atoms with E-state index in [1.165, 1.54) is 20.8 Å². The van der Waals surface area contributed by atoms with Gasteiger partial charge in [-0.3, -0.25) is 4.21 Å². The molecule has 0 aliphatic carbocycles. The Bertz CT molecular complexity index is 660. The molecule has 1 atom stereocenters. The summed E-state index contributed by atoms with van der Waals surface area (Å²) in [6, 6.07) is 1.04. The molecule has 0 saturated carbocycles. The molecule has 0 aliphatic heterocycles. The van der Waals surface area contributed by atoms with Gasteiger partial charge in [0.15, 0.2) is 0 Å². The van der Waals surface area contributed by atoms with Gasteiger partial charge in [0, 0.05) is 10.3 Å². The van der Waals surface area contributed by atoms with Crippen molar-refractivity contribution in [2.75, 3.05) is 0 Å². The van der Waals surface area contributed by atoms with E-state index in [1.807, 2.05) is 0 Å². The third-order valence-corrected chi connectivity index (χ3v) is 5.08. The Morgan fingerprint density at radius 1 is 1.09 bits per heavy atom.